The van der Waals surface area contributed by atoms with Crippen LogP contribution in [-0.4, -0.2) is 9.78 Å². The van der Waals surface area contributed by atoms with Crippen LogP contribution in [0.2, 0.25) is 0 Å². The number of rotatable bonds is 3. The summed E-state index contributed by atoms with van der Waals surface area (Å²) in [7, 11) is 0. The van der Waals surface area contributed by atoms with Gasteiger partial charge < -0.3 is 5.73 Å². The molecule has 106 valence electrons. The third-order valence-electron chi connectivity index (χ3n) is 3.24. The van der Waals surface area contributed by atoms with E-state index in [4.69, 9.17) is 5.73 Å². The predicted octanol–water partition coefficient (Wildman–Crippen LogP) is 3.46. The average Bonchev–Trinajstić information content (AvgIpc) is 2.93. The molecule has 0 atom stereocenters. The number of nitrogens with zero attached hydrogens (tertiary/aromatic N) is 2. The zero-order valence-corrected chi connectivity index (χ0v) is 11.1. The predicted molar refractivity (Wildman–Crippen MR) is 77.5 cm³/mol. The Labute approximate surface area is 120 Å². The molecule has 0 fully saturated rings. The molecule has 2 aromatic carbocycles. The van der Waals surface area contributed by atoms with Crippen molar-refractivity contribution in [3.05, 3.63) is 72.1 Å². The van der Waals surface area contributed by atoms with Crippen LogP contribution in [0.15, 0.2) is 54.9 Å². The van der Waals surface area contributed by atoms with Gasteiger partial charge in [-0.05, 0) is 23.8 Å². The van der Waals surface area contributed by atoms with Gasteiger partial charge in [0.1, 0.15) is 0 Å². The standard InChI is InChI=1S/C16H13F2N3/c17-15-3-1-2-12(16(15)18)9-21-10-13(8-20-21)11-4-6-14(19)7-5-11/h1-8,10H,9,19H2. The first-order valence-corrected chi connectivity index (χ1v) is 6.45. The largest absolute Gasteiger partial charge is 0.399 e. The first-order valence-electron chi connectivity index (χ1n) is 6.45. The molecular weight excluding hydrogens is 272 g/mol. The first-order chi connectivity index (χ1) is 10.1. The van der Waals surface area contributed by atoms with Gasteiger partial charge in [0.25, 0.3) is 0 Å². The fraction of sp³-hybridized carbons (Fsp3) is 0.0625. The molecule has 0 radical (unpaired) electrons. The van der Waals surface area contributed by atoms with Crippen molar-refractivity contribution in [2.75, 3.05) is 5.73 Å². The maximum Gasteiger partial charge on any atom is 0.163 e. The van der Waals surface area contributed by atoms with Gasteiger partial charge in [0.15, 0.2) is 11.6 Å². The van der Waals surface area contributed by atoms with Crippen LogP contribution < -0.4 is 5.73 Å². The van der Waals surface area contributed by atoms with Crippen molar-refractivity contribution in [2.45, 2.75) is 6.54 Å². The summed E-state index contributed by atoms with van der Waals surface area (Å²) in [6, 6.07) is 11.5. The molecule has 0 bridgehead atoms. The fourth-order valence-electron chi connectivity index (χ4n) is 2.12. The Kier molecular flexibility index (Phi) is 3.39. The highest BCUT2D eigenvalue weighted by molar-refractivity contribution is 5.63. The van der Waals surface area contributed by atoms with Crippen molar-refractivity contribution < 1.29 is 8.78 Å². The summed E-state index contributed by atoms with van der Waals surface area (Å²) in [5.74, 6) is -1.68. The molecule has 1 aromatic heterocycles. The van der Waals surface area contributed by atoms with Crippen LogP contribution in [0.4, 0.5) is 14.5 Å². The number of anilines is 1. The van der Waals surface area contributed by atoms with Crippen molar-refractivity contribution >= 4 is 5.69 Å². The lowest BCUT2D eigenvalue weighted by atomic mass is 10.1. The van der Waals surface area contributed by atoms with Crippen molar-refractivity contribution in [3.8, 4) is 11.1 Å². The van der Waals surface area contributed by atoms with E-state index < -0.39 is 11.6 Å². The molecule has 0 aliphatic heterocycles. The van der Waals surface area contributed by atoms with E-state index in [1.165, 1.54) is 6.07 Å². The Morgan fingerprint density at radius 2 is 1.76 bits per heavy atom. The van der Waals surface area contributed by atoms with Crippen LogP contribution in [0.3, 0.4) is 0 Å². The summed E-state index contributed by atoms with van der Waals surface area (Å²) in [5.41, 5.74) is 8.46. The zero-order chi connectivity index (χ0) is 14.8. The molecule has 0 unspecified atom stereocenters. The van der Waals surface area contributed by atoms with Crippen molar-refractivity contribution in [2.24, 2.45) is 0 Å². The SMILES string of the molecule is Nc1ccc(-c2cnn(Cc3cccc(F)c3F)c2)cc1. The van der Waals surface area contributed by atoms with E-state index >= 15 is 0 Å². The van der Waals surface area contributed by atoms with Gasteiger partial charge in [-0.1, -0.05) is 24.3 Å². The molecule has 3 nitrogen and oxygen atoms in total. The maximum atomic E-state index is 13.6. The van der Waals surface area contributed by atoms with Crippen LogP contribution in [0.1, 0.15) is 5.56 Å². The second-order valence-corrected chi connectivity index (χ2v) is 4.76. The van der Waals surface area contributed by atoms with Crippen LogP contribution in [0.5, 0.6) is 0 Å². The van der Waals surface area contributed by atoms with E-state index in [0.717, 1.165) is 17.2 Å². The van der Waals surface area contributed by atoms with E-state index in [1.54, 1.807) is 35.3 Å². The Bertz CT molecular complexity index is 763. The lowest BCUT2D eigenvalue weighted by Gasteiger charge is -2.04. The molecular formula is C16H13F2N3. The number of nitrogen functional groups attached to an aromatic ring is 1. The van der Waals surface area contributed by atoms with Crippen LogP contribution in [0.25, 0.3) is 11.1 Å². The number of hydrogen-bond acceptors (Lipinski definition) is 2. The van der Waals surface area contributed by atoms with Gasteiger partial charge >= 0.3 is 0 Å². The smallest absolute Gasteiger partial charge is 0.163 e. The molecule has 1 heterocycles. The molecule has 3 rings (SSSR count). The average molecular weight is 285 g/mol. The maximum absolute atomic E-state index is 13.6. The minimum absolute atomic E-state index is 0.179. The molecule has 21 heavy (non-hydrogen) atoms. The number of benzene rings is 2. The van der Waals surface area contributed by atoms with Crippen LogP contribution in [-0.2, 0) is 6.54 Å². The van der Waals surface area contributed by atoms with Crippen LogP contribution in [0, 0.1) is 11.6 Å². The van der Waals surface area contributed by atoms with Gasteiger partial charge in [-0.15, -0.1) is 0 Å². The first kappa shape index (κ1) is 13.3. The molecule has 2 N–H and O–H groups in total. The molecule has 0 saturated heterocycles. The summed E-state index contributed by atoms with van der Waals surface area (Å²) in [6.45, 7) is 0.179. The van der Waals surface area contributed by atoms with Gasteiger partial charge in [-0.2, -0.15) is 5.10 Å². The minimum Gasteiger partial charge on any atom is -0.399 e. The van der Waals surface area contributed by atoms with Gasteiger partial charge in [-0.25, -0.2) is 8.78 Å². The fourth-order valence-corrected chi connectivity index (χ4v) is 2.12. The normalized spacial score (nSPS) is 10.8. The van der Waals surface area contributed by atoms with Crippen molar-refractivity contribution in [1.29, 1.82) is 0 Å². The number of hydrogen-bond donors (Lipinski definition) is 1. The Morgan fingerprint density at radius 3 is 2.52 bits per heavy atom. The molecule has 0 aliphatic rings. The lowest BCUT2D eigenvalue weighted by Crippen LogP contribution is -2.03. The van der Waals surface area contributed by atoms with E-state index in [1.807, 2.05) is 12.1 Å². The van der Waals surface area contributed by atoms with Crippen molar-refractivity contribution in [3.63, 3.8) is 0 Å². The highest BCUT2D eigenvalue weighted by Crippen LogP contribution is 2.20. The molecule has 0 spiro atoms. The van der Waals surface area contributed by atoms with Crippen LogP contribution >= 0.6 is 0 Å². The second kappa shape index (κ2) is 5.36. The topological polar surface area (TPSA) is 43.8 Å². The summed E-state index contributed by atoms with van der Waals surface area (Å²) in [4.78, 5) is 0. The Hall–Kier alpha value is -2.69. The number of nitrogens with two attached hydrogens (primary N) is 1. The molecule has 0 saturated carbocycles. The highest BCUT2D eigenvalue weighted by atomic mass is 19.2. The highest BCUT2D eigenvalue weighted by Gasteiger charge is 2.09. The van der Waals surface area contributed by atoms with Crippen molar-refractivity contribution in [1.82, 2.24) is 9.78 Å². The van der Waals surface area contributed by atoms with E-state index in [-0.39, 0.29) is 12.1 Å². The lowest BCUT2D eigenvalue weighted by molar-refractivity contribution is 0.492. The monoisotopic (exact) mass is 285 g/mol. The van der Waals surface area contributed by atoms with Gasteiger partial charge in [-0.3, -0.25) is 4.68 Å². The molecule has 5 heteroatoms. The van der Waals surface area contributed by atoms with Gasteiger partial charge in [0.2, 0.25) is 0 Å². The van der Waals surface area contributed by atoms with E-state index in [0.29, 0.717) is 5.69 Å². The summed E-state index contributed by atoms with van der Waals surface area (Å²) < 4.78 is 28.4. The van der Waals surface area contributed by atoms with E-state index in [2.05, 4.69) is 5.10 Å². The summed E-state index contributed by atoms with van der Waals surface area (Å²) in [6.07, 6.45) is 3.47. The minimum atomic E-state index is -0.849. The second-order valence-electron chi connectivity index (χ2n) is 4.76. The van der Waals surface area contributed by atoms with Gasteiger partial charge in [0.05, 0.1) is 12.7 Å². The van der Waals surface area contributed by atoms with Gasteiger partial charge in [0, 0.05) is 23.0 Å². The number of aromatic nitrogens is 2. The summed E-state index contributed by atoms with van der Waals surface area (Å²) >= 11 is 0. The zero-order valence-electron chi connectivity index (χ0n) is 11.1. The quantitative estimate of drug-likeness (QED) is 0.749. The Balaban J connectivity index is 1.85. The summed E-state index contributed by atoms with van der Waals surface area (Å²) in [5, 5.41) is 4.18. The molecule has 0 aliphatic carbocycles. The third kappa shape index (κ3) is 2.76. The molecule has 3 aromatic rings. The third-order valence-corrected chi connectivity index (χ3v) is 3.24. The number of halogens is 2. The Morgan fingerprint density at radius 1 is 1.00 bits per heavy atom. The molecule has 0 amide bonds. The van der Waals surface area contributed by atoms with E-state index in [9.17, 15) is 8.78 Å².